The number of ether oxygens (including phenoxy) is 1. The third-order valence-corrected chi connectivity index (χ3v) is 4.41. The number of hydrogen-bond donors (Lipinski definition) is 1. The summed E-state index contributed by atoms with van der Waals surface area (Å²) in [7, 11) is 1.59. The number of benzene rings is 1. The first-order chi connectivity index (χ1) is 12.0. The summed E-state index contributed by atoms with van der Waals surface area (Å²) in [5, 5.41) is 7.83. The van der Waals surface area contributed by atoms with Crippen molar-refractivity contribution in [2.45, 2.75) is 18.6 Å². The third kappa shape index (κ3) is 5.30. The van der Waals surface area contributed by atoms with Crippen molar-refractivity contribution in [3.8, 4) is 0 Å². The number of rotatable bonds is 8. The highest BCUT2D eigenvalue weighted by atomic mass is 32.2. The first-order valence-corrected chi connectivity index (χ1v) is 8.66. The Morgan fingerprint density at radius 3 is 2.72 bits per heavy atom. The molecule has 0 unspecified atom stereocenters. The fourth-order valence-corrected chi connectivity index (χ4v) is 2.84. The Bertz CT molecular complexity index is 766. The van der Waals surface area contributed by atoms with E-state index in [9.17, 15) is 9.59 Å². The van der Waals surface area contributed by atoms with Crippen LogP contribution < -0.4 is 11.4 Å². The molecule has 0 spiro atoms. The van der Waals surface area contributed by atoms with Gasteiger partial charge in [0.15, 0.2) is 0 Å². The quantitative estimate of drug-likeness (QED) is 0.536. The second-order valence-corrected chi connectivity index (χ2v) is 6.27. The molecule has 1 aromatic heterocycles. The third-order valence-electron chi connectivity index (χ3n) is 3.48. The van der Waals surface area contributed by atoms with Gasteiger partial charge in [0.25, 0.3) is 5.56 Å². The lowest BCUT2D eigenvalue weighted by molar-refractivity contribution is -0.129. The van der Waals surface area contributed by atoms with Crippen molar-refractivity contribution in [3.63, 3.8) is 0 Å². The molecule has 8 nitrogen and oxygen atoms in total. The summed E-state index contributed by atoms with van der Waals surface area (Å²) >= 11 is 1.08. The maximum absolute atomic E-state index is 12.6. The van der Waals surface area contributed by atoms with Crippen LogP contribution in [0.1, 0.15) is 11.3 Å². The van der Waals surface area contributed by atoms with Crippen molar-refractivity contribution >= 4 is 17.7 Å². The summed E-state index contributed by atoms with van der Waals surface area (Å²) in [5.41, 5.74) is 0.817. The molecule has 25 heavy (non-hydrogen) atoms. The van der Waals surface area contributed by atoms with Crippen LogP contribution in [0, 0.1) is 6.92 Å². The molecule has 1 heterocycles. The highest BCUT2D eigenvalue weighted by Crippen LogP contribution is 2.14. The molecule has 0 aliphatic heterocycles. The Kier molecular flexibility index (Phi) is 6.96. The van der Waals surface area contributed by atoms with Crippen molar-refractivity contribution < 1.29 is 9.53 Å². The van der Waals surface area contributed by atoms with Gasteiger partial charge in [0, 0.05) is 20.2 Å². The number of aromatic nitrogens is 3. The highest BCUT2D eigenvalue weighted by Gasteiger charge is 2.16. The summed E-state index contributed by atoms with van der Waals surface area (Å²) in [5.74, 6) is 5.69. The van der Waals surface area contributed by atoms with Crippen LogP contribution in [-0.4, -0.2) is 51.7 Å². The molecule has 0 fully saturated rings. The van der Waals surface area contributed by atoms with Gasteiger partial charge in [-0.2, -0.15) is 4.68 Å². The molecule has 2 N–H and O–H groups in total. The first-order valence-electron chi connectivity index (χ1n) is 7.67. The van der Waals surface area contributed by atoms with Crippen LogP contribution in [-0.2, 0) is 16.1 Å². The number of nitrogens with zero attached hydrogens (tertiary/aromatic N) is 4. The predicted molar refractivity (Wildman–Crippen MR) is 95.6 cm³/mol. The normalized spacial score (nSPS) is 10.6. The largest absolute Gasteiger partial charge is 0.383 e. The maximum atomic E-state index is 12.6. The zero-order valence-electron chi connectivity index (χ0n) is 14.2. The van der Waals surface area contributed by atoms with E-state index in [1.165, 1.54) is 6.92 Å². The van der Waals surface area contributed by atoms with Crippen LogP contribution in [0.3, 0.4) is 0 Å². The summed E-state index contributed by atoms with van der Waals surface area (Å²) in [6.45, 7) is 2.93. The smallest absolute Gasteiger partial charge is 0.294 e. The van der Waals surface area contributed by atoms with Gasteiger partial charge < -0.3 is 15.5 Å². The Labute approximate surface area is 150 Å². The van der Waals surface area contributed by atoms with Gasteiger partial charge >= 0.3 is 0 Å². The maximum Gasteiger partial charge on any atom is 0.294 e. The Morgan fingerprint density at radius 1 is 1.32 bits per heavy atom. The number of carbonyl (C=O) groups is 1. The van der Waals surface area contributed by atoms with Crippen LogP contribution in [0.5, 0.6) is 0 Å². The summed E-state index contributed by atoms with van der Waals surface area (Å²) < 4.78 is 6.00. The SMILES string of the molecule is COCCN(Cc1ccccc1)C(=O)CSc1nnc(C)c(=O)n1N. The van der Waals surface area contributed by atoms with Gasteiger partial charge in [-0.15, -0.1) is 10.2 Å². The second kappa shape index (κ2) is 9.19. The van der Waals surface area contributed by atoms with E-state index in [2.05, 4.69) is 10.2 Å². The predicted octanol–water partition coefficient (Wildman–Crippen LogP) is 0.428. The van der Waals surface area contributed by atoms with E-state index in [1.54, 1.807) is 12.0 Å². The van der Waals surface area contributed by atoms with Crippen molar-refractivity contribution in [1.29, 1.82) is 0 Å². The molecule has 2 rings (SSSR count). The molecule has 134 valence electrons. The zero-order chi connectivity index (χ0) is 18.2. The second-order valence-electron chi connectivity index (χ2n) is 5.33. The Hall–Kier alpha value is -2.39. The number of aryl methyl sites for hydroxylation is 1. The van der Waals surface area contributed by atoms with Crippen molar-refractivity contribution in [2.24, 2.45) is 0 Å². The standard InChI is InChI=1S/C16H21N5O3S/c1-12-15(23)21(17)16(19-18-12)25-11-14(22)20(8-9-24-2)10-13-6-4-3-5-7-13/h3-7H,8-11,17H2,1-2H3. The number of nitrogens with two attached hydrogens (primary N) is 1. The lowest BCUT2D eigenvalue weighted by Crippen LogP contribution is -2.36. The molecular weight excluding hydrogens is 342 g/mol. The molecule has 2 aromatic rings. The van der Waals surface area contributed by atoms with Gasteiger partial charge in [-0.05, 0) is 12.5 Å². The van der Waals surface area contributed by atoms with E-state index in [0.717, 1.165) is 22.0 Å². The fourth-order valence-electron chi connectivity index (χ4n) is 2.08. The van der Waals surface area contributed by atoms with Crippen LogP contribution in [0.15, 0.2) is 40.3 Å². The van der Waals surface area contributed by atoms with Gasteiger partial charge in [-0.3, -0.25) is 9.59 Å². The summed E-state index contributed by atoms with van der Waals surface area (Å²) in [6.07, 6.45) is 0. The number of methoxy groups -OCH3 is 1. The summed E-state index contributed by atoms with van der Waals surface area (Å²) in [4.78, 5) is 26.0. The molecule has 0 aliphatic rings. The first kappa shape index (κ1) is 18.9. The van der Waals surface area contributed by atoms with E-state index >= 15 is 0 Å². The molecule has 0 atom stereocenters. The number of amides is 1. The zero-order valence-corrected chi connectivity index (χ0v) is 15.0. The van der Waals surface area contributed by atoms with E-state index in [4.69, 9.17) is 10.6 Å². The molecule has 9 heteroatoms. The lowest BCUT2D eigenvalue weighted by Gasteiger charge is -2.22. The van der Waals surface area contributed by atoms with Gasteiger partial charge in [0.2, 0.25) is 11.1 Å². The highest BCUT2D eigenvalue weighted by molar-refractivity contribution is 7.99. The van der Waals surface area contributed by atoms with Crippen molar-refractivity contribution in [2.75, 3.05) is 31.9 Å². The number of hydrogen-bond acceptors (Lipinski definition) is 7. The lowest BCUT2D eigenvalue weighted by atomic mass is 10.2. The number of thioether (sulfide) groups is 1. The van der Waals surface area contributed by atoms with E-state index < -0.39 is 5.56 Å². The molecule has 1 amide bonds. The monoisotopic (exact) mass is 363 g/mol. The van der Waals surface area contributed by atoms with Gasteiger partial charge in [-0.25, -0.2) is 0 Å². The van der Waals surface area contributed by atoms with E-state index in [-0.39, 0.29) is 22.5 Å². The number of nitrogen functional groups attached to an aromatic ring is 1. The number of carbonyl (C=O) groups excluding carboxylic acids is 1. The van der Waals surface area contributed by atoms with Gasteiger partial charge in [-0.1, -0.05) is 42.1 Å². The van der Waals surface area contributed by atoms with Crippen LogP contribution >= 0.6 is 11.8 Å². The van der Waals surface area contributed by atoms with Crippen molar-refractivity contribution in [3.05, 3.63) is 51.9 Å². The molecule has 0 aliphatic carbocycles. The molecule has 0 saturated heterocycles. The topological polar surface area (TPSA) is 103 Å². The Balaban J connectivity index is 2.04. The van der Waals surface area contributed by atoms with Crippen LogP contribution in [0.2, 0.25) is 0 Å². The van der Waals surface area contributed by atoms with Gasteiger partial charge in [0.1, 0.15) is 5.69 Å². The minimum absolute atomic E-state index is 0.0965. The average molecular weight is 363 g/mol. The van der Waals surface area contributed by atoms with E-state index in [0.29, 0.717) is 19.7 Å². The minimum Gasteiger partial charge on any atom is -0.383 e. The van der Waals surface area contributed by atoms with Crippen LogP contribution in [0.25, 0.3) is 0 Å². The molecular formula is C16H21N5O3S. The van der Waals surface area contributed by atoms with Crippen molar-refractivity contribution in [1.82, 2.24) is 19.8 Å². The minimum atomic E-state index is -0.425. The Morgan fingerprint density at radius 2 is 2.04 bits per heavy atom. The average Bonchev–Trinajstić information content (AvgIpc) is 2.63. The molecule has 0 saturated carbocycles. The fraction of sp³-hybridized carbons (Fsp3) is 0.375. The molecule has 0 radical (unpaired) electrons. The van der Waals surface area contributed by atoms with Crippen LogP contribution in [0.4, 0.5) is 0 Å². The molecule has 0 bridgehead atoms. The summed E-state index contributed by atoms with van der Waals surface area (Å²) in [6, 6.07) is 9.71. The van der Waals surface area contributed by atoms with Gasteiger partial charge in [0.05, 0.1) is 12.4 Å². The van der Waals surface area contributed by atoms with E-state index in [1.807, 2.05) is 30.3 Å². The molecule has 1 aromatic carbocycles.